The Bertz CT molecular complexity index is 722. The van der Waals surface area contributed by atoms with E-state index in [0.717, 1.165) is 56.5 Å². The van der Waals surface area contributed by atoms with Gasteiger partial charge in [-0.25, -0.2) is 0 Å². The number of hydrogen-bond acceptors (Lipinski definition) is 5. The van der Waals surface area contributed by atoms with Gasteiger partial charge in [-0.3, -0.25) is 14.8 Å². The second kappa shape index (κ2) is 8.13. The summed E-state index contributed by atoms with van der Waals surface area (Å²) in [6.45, 7) is 8.14. The lowest BCUT2D eigenvalue weighted by molar-refractivity contribution is 0.0962. The van der Waals surface area contributed by atoms with Gasteiger partial charge in [0.2, 0.25) is 0 Å². The van der Waals surface area contributed by atoms with E-state index in [4.69, 9.17) is 9.15 Å². The number of aryl methyl sites for hydroxylation is 1. The van der Waals surface area contributed by atoms with Crippen molar-refractivity contribution in [2.24, 2.45) is 5.41 Å². The van der Waals surface area contributed by atoms with Gasteiger partial charge in [0.1, 0.15) is 11.5 Å². The standard InChI is InChI=1S/C22H31N3O2/c1-18-6-7-21(27-18)15-24-11-8-22(9-12-24)13-20(16-26-2)25(17-22)14-19-5-3-4-10-23-19/h3-7,10,20H,8-9,11-17H2,1-2H3/t20-/m1/s1. The molecule has 0 amide bonds. The molecule has 0 radical (unpaired) electrons. The first-order chi connectivity index (χ1) is 13.2. The van der Waals surface area contributed by atoms with Crippen molar-refractivity contribution in [3.05, 3.63) is 53.7 Å². The lowest BCUT2D eigenvalue weighted by Crippen LogP contribution is -2.41. The van der Waals surface area contributed by atoms with Crippen LogP contribution in [-0.2, 0) is 17.8 Å². The molecule has 0 saturated carbocycles. The molecule has 1 atom stereocenters. The highest BCUT2D eigenvalue weighted by molar-refractivity contribution is 5.08. The molecule has 0 unspecified atom stereocenters. The molecule has 0 aromatic carbocycles. The van der Waals surface area contributed by atoms with E-state index >= 15 is 0 Å². The first-order valence-corrected chi connectivity index (χ1v) is 10.1. The fraction of sp³-hybridized carbons (Fsp3) is 0.591. The molecule has 0 bridgehead atoms. The topological polar surface area (TPSA) is 41.7 Å². The molecule has 2 fully saturated rings. The van der Waals surface area contributed by atoms with Gasteiger partial charge in [-0.2, -0.15) is 0 Å². The number of nitrogens with zero attached hydrogens (tertiary/aromatic N) is 3. The van der Waals surface area contributed by atoms with Gasteiger partial charge >= 0.3 is 0 Å². The van der Waals surface area contributed by atoms with E-state index in [2.05, 4.69) is 39.0 Å². The van der Waals surface area contributed by atoms with Crippen LogP contribution in [0.15, 0.2) is 40.9 Å². The summed E-state index contributed by atoms with van der Waals surface area (Å²) in [6.07, 6.45) is 5.64. The zero-order chi connectivity index (χ0) is 18.7. The molecule has 2 aliphatic rings. The molecule has 0 N–H and O–H groups in total. The van der Waals surface area contributed by atoms with Crippen LogP contribution in [0.5, 0.6) is 0 Å². The van der Waals surface area contributed by atoms with Crippen LogP contribution in [-0.4, -0.2) is 54.2 Å². The number of ether oxygens (including phenoxy) is 1. The van der Waals surface area contributed by atoms with Crippen LogP contribution in [0, 0.1) is 12.3 Å². The first-order valence-electron chi connectivity index (χ1n) is 10.1. The molecule has 5 nitrogen and oxygen atoms in total. The molecule has 27 heavy (non-hydrogen) atoms. The molecular weight excluding hydrogens is 338 g/mol. The fourth-order valence-electron chi connectivity index (χ4n) is 4.83. The van der Waals surface area contributed by atoms with Gasteiger partial charge < -0.3 is 9.15 Å². The first kappa shape index (κ1) is 18.7. The number of piperidine rings is 1. The van der Waals surface area contributed by atoms with Crippen LogP contribution in [0.25, 0.3) is 0 Å². The molecule has 146 valence electrons. The molecule has 4 rings (SSSR count). The van der Waals surface area contributed by atoms with Gasteiger partial charge in [-0.15, -0.1) is 0 Å². The van der Waals surface area contributed by atoms with Crippen LogP contribution >= 0.6 is 0 Å². The van der Waals surface area contributed by atoms with Crippen molar-refractivity contribution in [3.63, 3.8) is 0 Å². The summed E-state index contributed by atoms with van der Waals surface area (Å²) in [7, 11) is 1.82. The second-order valence-electron chi connectivity index (χ2n) is 8.33. The van der Waals surface area contributed by atoms with Gasteiger partial charge in [0.15, 0.2) is 0 Å². The number of hydrogen-bond donors (Lipinski definition) is 0. The zero-order valence-electron chi connectivity index (χ0n) is 16.6. The van der Waals surface area contributed by atoms with Crippen molar-refractivity contribution >= 4 is 0 Å². The summed E-state index contributed by atoms with van der Waals surface area (Å²) in [6, 6.07) is 10.9. The average Bonchev–Trinajstić information content (AvgIpc) is 3.22. The predicted octanol–water partition coefficient (Wildman–Crippen LogP) is 3.49. The van der Waals surface area contributed by atoms with Gasteiger partial charge in [0.05, 0.1) is 18.8 Å². The minimum atomic E-state index is 0.424. The molecule has 1 spiro atoms. The summed E-state index contributed by atoms with van der Waals surface area (Å²) < 4.78 is 11.3. The SMILES string of the molecule is COC[C@H]1CC2(CCN(Cc3ccc(C)o3)CC2)CN1Cc1ccccn1. The highest BCUT2D eigenvalue weighted by Crippen LogP contribution is 2.44. The molecule has 4 heterocycles. The van der Waals surface area contributed by atoms with E-state index in [1.165, 1.54) is 19.3 Å². The van der Waals surface area contributed by atoms with Crippen molar-refractivity contribution in [2.75, 3.05) is 33.4 Å². The maximum absolute atomic E-state index is 5.76. The summed E-state index contributed by atoms with van der Waals surface area (Å²) in [4.78, 5) is 9.66. The minimum Gasteiger partial charge on any atom is -0.465 e. The molecule has 2 saturated heterocycles. The maximum Gasteiger partial charge on any atom is 0.118 e. The Balaban J connectivity index is 1.37. The third-order valence-electron chi connectivity index (χ3n) is 6.27. The van der Waals surface area contributed by atoms with Crippen molar-refractivity contribution in [1.82, 2.24) is 14.8 Å². The van der Waals surface area contributed by atoms with E-state index < -0.39 is 0 Å². The molecule has 2 aromatic rings. The number of likely N-dealkylation sites (tertiary alicyclic amines) is 2. The fourth-order valence-corrected chi connectivity index (χ4v) is 4.83. The van der Waals surface area contributed by atoms with Gasteiger partial charge in [0.25, 0.3) is 0 Å². The second-order valence-corrected chi connectivity index (χ2v) is 8.33. The molecule has 5 heteroatoms. The highest BCUT2D eigenvalue weighted by Gasteiger charge is 2.45. The van der Waals surface area contributed by atoms with Gasteiger partial charge in [0, 0.05) is 32.4 Å². The molecule has 2 aromatic heterocycles. The van der Waals surface area contributed by atoms with Gasteiger partial charge in [-0.05, 0) is 69.0 Å². The maximum atomic E-state index is 5.76. The molecule has 2 aliphatic heterocycles. The van der Waals surface area contributed by atoms with Crippen LogP contribution in [0.2, 0.25) is 0 Å². The number of furan rings is 1. The van der Waals surface area contributed by atoms with Crippen molar-refractivity contribution in [3.8, 4) is 0 Å². The monoisotopic (exact) mass is 369 g/mol. The van der Waals surface area contributed by atoms with E-state index in [-0.39, 0.29) is 0 Å². The van der Waals surface area contributed by atoms with Gasteiger partial charge in [-0.1, -0.05) is 6.07 Å². The summed E-state index contributed by atoms with van der Waals surface area (Å²) in [5.74, 6) is 2.09. The van der Waals surface area contributed by atoms with Crippen LogP contribution in [0.1, 0.15) is 36.5 Å². The molecule has 0 aliphatic carbocycles. The normalized spacial score (nSPS) is 23.3. The van der Waals surface area contributed by atoms with Crippen LogP contribution < -0.4 is 0 Å². The third kappa shape index (κ3) is 4.42. The average molecular weight is 370 g/mol. The van der Waals surface area contributed by atoms with E-state index in [1.54, 1.807) is 0 Å². The Morgan fingerprint density at radius 3 is 2.70 bits per heavy atom. The number of aromatic nitrogens is 1. The minimum absolute atomic E-state index is 0.424. The van der Waals surface area contributed by atoms with E-state index in [9.17, 15) is 0 Å². The Labute approximate surface area is 162 Å². The lowest BCUT2D eigenvalue weighted by Gasteiger charge is -2.39. The quantitative estimate of drug-likeness (QED) is 0.780. The van der Waals surface area contributed by atoms with Crippen molar-refractivity contribution < 1.29 is 9.15 Å². The summed E-state index contributed by atoms with van der Waals surface area (Å²) in [5.41, 5.74) is 1.58. The smallest absolute Gasteiger partial charge is 0.118 e. The van der Waals surface area contributed by atoms with E-state index in [1.807, 2.05) is 26.3 Å². The highest BCUT2D eigenvalue weighted by atomic mass is 16.5. The number of methoxy groups -OCH3 is 1. The largest absolute Gasteiger partial charge is 0.465 e. The number of rotatable bonds is 6. The zero-order valence-corrected chi connectivity index (χ0v) is 16.6. The Morgan fingerprint density at radius 1 is 1.19 bits per heavy atom. The van der Waals surface area contributed by atoms with Crippen molar-refractivity contribution in [2.45, 2.75) is 45.3 Å². The third-order valence-corrected chi connectivity index (χ3v) is 6.27. The van der Waals surface area contributed by atoms with Crippen molar-refractivity contribution in [1.29, 1.82) is 0 Å². The number of pyridine rings is 1. The Hall–Kier alpha value is -1.69. The predicted molar refractivity (Wildman–Crippen MR) is 105 cm³/mol. The Kier molecular flexibility index (Phi) is 5.62. The van der Waals surface area contributed by atoms with Crippen LogP contribution in [0.4, 0.5) is 0 Å². The van der Waals surface area contributed by atoms with Crippen LogP contribution in [0.3, 0.4) is 0 Å². The van der Waals surface area contributed by atoms with E-state index in [0.29, 0.717) is 11.5 Å². The molecular formula is C22H31N3O2. The lowest BCUT2D eigenvalue weighted by atomic mass is 9.76. The summed E-state index contributed by atoms with van der Waals surface area (Å²) in [5, 5.41) is 0. The Morgan fingerprint density at radius 2 is 2.04 bits per heavy atom. The summed E-state index contributed by atoms with van der Waals surface area (Å²) >= 11 is 0.